The standard InChI is InChI=1S/C27H26F2N6O4S/c1-14(36)32-15(2)39-26(30-3)17-8-9-18(19(11-17)20-12-21(24(28)29)31-13-22(20)38-4)25(37)33-27-35-34-23(40-27)10-7-16-5-6-16/h8-9,11-13,15-16,24H,5-6H2,1-4H3,(H,32,36)(H,33,35,37). The third-order valence-corrected chi connectivity index (χ3v) is 6.39. The SMILES string of the molecule is CN=C(OC(C)NC(C)=O)c1ccc(C(=O)Nc2nnc(C#CC3CC3)s2)c(-c2cc(C(F)F)ncc2OC)c1. The number of pyridine rings is 1. The van der Waals surface area contributed by atoms with Crippen molar-refractivity contribution in [3.8, 4) is 28.7 Å². The minimum absolute atomic E-state index is 0.139. The van der Waals surface area contributed by atoms with Gasteiger partial charge in [-0.3, -0.25) is 24.9 Å². The van der Waals surface area contributed by atoms with Gasteiger partial charge in [0.25, 0.3) is 12.3 Å². The highest BCUT2D eigenvalue weighted by molar-refractivity contribution is 7.15. The zero-order chi connectivity index (χ0) is 28.8. The van der Waals surface area contributed by atoms with Gasteiger partial charge in [0.1, 0.15) is 11.4 Å². The van der Waals surface area contributed by atoms with Gasteiger partial charge >= 0.3 is 0 Å². The molecule has 1 aliphatic rings. The molecule has 1 unspecified atom stereocenters. The number of methoxy groups -OCH3 is 1. The second-order valence-electron chi connectivity index (χ2n) is 8.77. The molecule has 2 heterocycles. The Labute approximate surface area is 233 Å². The van der Waals surface area contributed by atoms with Crippen LogP contribution in [0.1, 0.15) is 59.7 Å². The van der Waals surface area contributed by atoms with Gasteiger partial charge in [0, 0.05) is 36.6 Å². The van der Waals surface area contributed by atoms with Gasteiger partial charge < -0.3 is 14.8 Å². The predicted molar refractivity (Wildman–Crippen MR) is 145 cm³/mol. The van der Waals surface area contributed by atoms with Crippen molar-refractivity contribution in [3.63, 3.8) is 0 Å². The average molecular weight is 569 g/mol. The van der Waals surface area contributed by atoms with Gasteiger partial charge in [-0.15, -0.1) is 10.2 Å². The summed E-state index contributed by atoms with van der Waals surface area (Å²) in [5, 5.41) is 14.0. The van der Waals surface area contributed by atoms with Gasteiger partial charge in [0.2, 0.25) is 16.9 Å². The van der Waals surface area contributed by atoms with Crippen LogP contribution >= 0.6 is 11.3 Å². The van der Waals surface area contributed by atoms with Gasteiger partial charge in [-0.05, 0) is 55.5 Å². The van der Waals surface area contributed by atoms with E-state index in [4.69, 9.17) is 9.47 Å². The molecular formula is C27H26F2N6O4S. The number of nitrogens with one attached hydrogen (secondary N) is 2. The summed E-state index contributed by atoms with van der Waals surface area (Å²) in [4.78, 5) is 32.8. The molecule has 10 nitrogen and oxygen atoms in total. The number of benzene rings is 1. The number of anilines is 1. The molecule has 13 heteroatoms. The van der Waals surface area contributed by atoms with Crippen LogP contribution in [-0.4, -0.2) is 53.3 Å². The molecule has 208 valence electrons. The summed E-state index contributed by atoms with van der Waals surface area (Å²) in [5.74, 6) is 5.91. The fraction of sp³-hybridized carbons (Fsp3) is 0.333. The molecule has 2 aromatic heterocycles. The van der Waals surface area contributed by atoms with E-state index in [1.807, 2.05) is 0 Å². The Kier molecular flexibility index (Phi) is 9.00. The van der Waals surface area contributed by atoms with Crippen molar-refractivity contribution in [1.29, 1.82) is 0 Å². The Morgan fingerprint density at radius 2 is 1.98 bits per heavy atom. The number of rotatable bonds is 8. The van der Waals surface area contributed by atoms with Crippen molar-refractivity contribution >= 4 is 34.2 Å². The fourth-order valence-corrected chi connectivity index (χ4v) is 4.26. The molecule has 0 spiro atoms. The van der Waals surface area contributed by atoms with E-state index in [2.05, 4.69) is 42.6 Å². The number of alkyl halides is 2. The summed E-state index contributed by atoms with van der Waals surface area (Å²) in [6.07, 6.45) is -0.247. The Hall–Kier alpha value is -4.44. The third kappa shape index (κ3) is 7.15. The smallest absolute Gasteiger partial charge is 0.280 e. The Bertz CT molecular complexity index is 1510. The maximum atomic E-state index is 13.6. The summed E-state index contributed by atoms with van der Waals surface area (Å²) >= 11 is 1.13. The van der Waals surface area contributed by atoms with E-state index in [1.54, 1.807) is 19.1 Å². The number of halogens is 2. The molecule has 1 saturated carbocycles. The quantitative estimate of drug-likeness (QED) is 0.178. The van der Waals surface area contributed by atoms with E-state index >= 15 is 0 Å². The highest BCUT2D eigenvalue weighted by Gasteiger charge is 2.23. The highest BCUT2D eigenvalue weighted by Crippen LogP contribution is 2.36. The Morgan fingerprint density at radius 1 is 1.20 bits per heavy atom. The van der Waals surface area contributed by atoms with Crippen molar-refractivity contribution < 1.29 is 27.8 Å². The number of nitrogens with zero attached hydrogens (tertiary/aromatic N) is 4. The van der Waals surface area contributed by atoms with Crippen LogP contribution in [0.3, 0.4) is 0 Å². The van der Waals surface area contributed by atoms with Gasteiger partial charge in [0.15, 0.2) is 11.2 Å². The zero-order valence-electron chi connectivity index (χ0n) is 22.1. The van der Waals surface area contributed by atoms with Gasteiger partial charge in [0.05, 0.1) is 13.3 Å². The van der Waals surface area contributed by atoms with Crippen molar-refractivity contribution in [2.45, 2.75) is 39.3 Å². The third-order valence-electron chi connectivity index (χ3n) is 5.64. The topological polar surface area (TPSA) is 128 Å². The molecule has 0 saturated heterocycles. The summed E-state index contributed by atoms with van der Waals surface area (Å²) in [6.45, 7) is 2.98. The number of aromatic nitrogens is 3. The lowest BCUT2D eigenvalue weighted by Gasteiger charge is -2.19. The summed E-state index contributed by atoms with van der Waals surface area (Å²) in [5.41, 5.74) is 0.539. The van der Waals surface area contributed by atoms with E-state index in [0.29, 0.717) is 16.5 Å². The van der Waals surface area contributed by atoms with Crippen LogP contribution in [0, 0.1) is 17.8 Å². The molecule has 4 rings (SSSR count). The molecular weight excluding hydrogens is 542 g/mol. The van der Waals surface area contributed by atoms with Crippen molar-refractivity contribution in [1.82, 2.24) is 20.5 Å². The first kappa shape index (κ1) is 28.6. The maximum Gasteiger partial charge on any atom is 0.280 e. The molecule has 2 amide bonds. The molecule has 0 bridgehead atoms. The molecule has 40 heavy (non-hydrogen) atoms. The predicted octanol–water partition coefficient (Wildman–Crippen LogP) is 4.44. The fourth-order valence-electron chi connectivity index (χ4n) is 3.66. The number of ether oxygens (including phenoxy) is 2. The summed E-state index contributed by atoms with van der Waals surface area (Å²) in [6, 6.07) is 5.83. The maximum absolute atomic E-state index is 13.6. The second-order valence-corrected chi connectivity index (χ2v) is 9.75. The second kappa shape index (κ2) is 12.6. The summed E-state index contributed by atoms with van der Waals surface area (Å²) < 4.78 is 38.4. The molecule has 2 N–H and O–H groups in total. The van der Waals surface area contributed by atoms with E-state index in [-0.39, 0.29) is 39.4 Å². The number of hydrogen-bond donors (Lipinski definition) is 2. The molecule has 1 aliphatic carbocycles. The van der Waals surface area contributed by atoms with Crippen LogP contribution in [0.25, 0.3) is 11.1 Å². The number of aliphatic imine (C=N–C) groups is 1. The lowest BCUT2D eigenvalue weighted by atomic mass is 9.96. The van der Waals surface area contributed by atoms with Gasteiger partial charge in [-0.25, -0.2) is 8.78 Å². The Morgan fingerprint density at radius 3 is 2.62 bits per heavy atom. The highest BCUT2D eigenvalue weighted by atomic mass is 32.1. The van der Waals surface area contributed by atoms with Crippen LogP contribution in [0.4, 0.5) is 13.9 Å². The van der Waals surface area contributed by atoms with Crippen LogP contribution < -0.4 is 15.4 Å². The normalized spacial score (nSPS) is 13.7. The first-order chi connectivity index (χ1) is 19.2. The molecule has 0 radical (unpaired) electrons. The molecule has 1 fully saturated rings. The largest absolute Gasteiger partial charge is 0.494 e. The molecule has 0 aliphatic heterocycles. The van der Waals surface area contributed by atoms with Crippen LogP contribution in [0.5, 0.6) is 5.75 Å². The van der Waals surface area contributed by atoms with Crippen LogP contribution in [-0.2, 0) is 9.53 Å². The number of carbonyl (C=O) groups is 2. The van der Waals surface area contributed by atoms with Crippen molar-refractivity contribution in [2.75, 3.05) is 19.5 Å². The minimum atomic E-state index is -2.85. The first-order valence-electron chi connectivity index (χ1n) is 12.2. The first-order valence-corrected chi connectivity index (χ1v) is 13.0. The monoisotopic (exact) mass is 568 g/mol. The van der Waals surface area contributed by atoms with Crippen molar-refractivity contribution in [3.05, 3.63) is 52.3 Å². The Balaban J connectivity index is 1.74. The molecule has 1 atom stereocenters. The average Bonchev–Trinajstić information content (AvgIpc) is 3.66. The lowest BCUT2D eigenvalue weighted by molar-refractivity contribution is -0.121. The van der Waals surface area contributed by atoms with E-state index < -0.39 is 24.3 Å². The molecule has 1 aromatic carbocycles. The van der Waals surface area contributed by atoms with Crippen molar-refractivity contribution in [2.24, 2.45) is 10.9 Å². The number of amides is 2. The number of hydrogen-bond acceptors (Lipinski definition) is 9. The van der Waals surface area contributed by atoms with Gasteiger partial charge in [-0.1, -0.05) is 17.3 Å². The zero-order valence-corrected chi connectivity index (χ0v) is 22.9. The van der Waals surface area contributed by atoms with Crippen LogP contribution in [0.15, 0.2) is 35.5 Å². The van der Waals surface area contributed by atoms with E-state index in [1.165, 1.54) is 39.4 Å². The van der Waals surface area contributed by atoms with E-state index in [0.717, 1.165) is 24.2 Å². The minimum Gasteiger partial charge on any atom is -0.494 e. The lowest BCUT2D eigenvalue weighted by Crippen LogP contribution is -2.34. The number of carbonyl (C=O) groups excluding carboxylic acids is 2. The molecule has 3 aromatic rings. The van der Waals surface area contributed by atoms with Gasteiger partial charge in [-0.2, -0.15) is 0 Å². The van der Waals surface area contributed by atoms with E-state index in [9.17, 15) is 18.4 Å². The summed E-state index contributed by atoms with van der Waals surface area (Å²) in [7, 11) is 2.87. The van der Waals surface area contributed by atoms with Crippen LogP contribution in [0.2, 0.25) is 0 Å².